The molecule has 0 radical (unpaired) electrons. The second-order valence-corrected chi connectivity index (χ2v) is 8.21. The van der Waals surface area contributed by atoms with E-state index in [1.165, 1.54) is 33.3 Å². The molecule has 3 rings (SSSR count). The maximum Gasteiger partial charge on any atom is 0.0659 e. The molecule has 1 heterocycles. The molecule has 1 aromatic heterocycles. The SMILES string of the molecule is Cc1ccccc1CNC1CCCc2sc(I)cc21. The zero-order valence-corrected chi connectivity index (χ0v) is 14.1. The van der Waals surface area contributed by atoms with Gasteiger partial charge in [0.1, 0.15) is 0 Å². The summed E-state index contributed by atoms with van der Waals surface area (Å²) < 4.78 is 1.42. The number of benzene rings is 1. The van der Waals surface area contributed by atoms with Crippen molar-refractivity contribution in [3.8, 4) is 0 Å². The Balaban J connectivity index is 1.73. The number of rotatable bonds is 3. The third kappa shape index (κ3) is 3.03. The Labute approximate surface area is 132 Å². The Hall–Kier alpha value is -0.390. The van der Waals surface area contributed by atoms with Gasteiger partial charge in [0, 0.05) is 17.5 Å². The predicted molar refractivity (Wildman–Crippen MR) is 90.7 cm³/mol. The Morgan fingerprint density at radius 3 is 3.05 bits per heavy atom. The largest absolute Gasteiger partial charge is 0.306 e. The summed E-state index contributed by atoms with van der Waals surface area (Å²) in [5.41, 5.74) is 4.35. The molecule has 0 fully saturated rings. The number of aryl methyl sites for hydroxylation is 2. The van der Waals surface area contributed by atoms with Gasteiger partial charge in [-0.05, 0) is 71.5 Å². The van der Waals surface area contributed by atoms with E-state index in [0.717, 1.165) is 6.54 Å². The van der Waals surface area contributed by atoms with E-state index in [-0.39, 0.29) is 0 Å². The number of hydrogen-bond donors (Lipinski definition) is 1. The minimum absolute atomic E-state index is 0.545. The molecule has 0 saturated carbocycles. The highest BCUT2D eigenvalue weighted by molar-refractivity contribution is 14.1. The van der Waals surface area contributed by atoms with Gasteiger partial charge in [0.05, 0.1) is 2.88 Å². The molecule has 0 aliphatic heterocycles. The van der Waals surface area contributed by atoms with E-state index in [9.17, 15) is 0 Å². The van der Waals surface area contributed by atoms with E-state index < -0.39 is 0 Å². The van der Waals surface area contributed by atoms with Gasteiger partial charge in [-0.2, -0.15) is 0 Å². The van der Waals surface area contributed by atoms with E-state index in [2.05, 4.69) is 65.2 Å². The van der Waals surface area contributed by atoms with Crippen molar-refractivity contribution < 1.29 is 0 Å². The van der Waals surface area contributed by atoms with Crippen molar-refractivity contribution in [1.29, 1.82) is 0 Å². The molecule has 1 aromatic carbocycles. The van der Waals surface area contributed by atoms with Crippen molar-refractivity contribution in [3.05, 3.63) is 54.8 Å². The molecule has 1 aliphatic carbocycles. The smallest absolute Gasteiger partial charge is 0.0659 e. The number of nitrogens with one attached hydrogen (secondary N) is 1. The van der Waals surface area contributed by atoms with Crippen LogP contribution in [0.5, 0.6) is 0 Å². The third-order valence-corrected chi connectivity index (χ3v) is 5.85. The van der Waals surface area contributed by atoms with E-state index in [4.69, 9.17) is 0 Å². The maximum atomic E-state index is 3.75. The van der Waals surface area contributed by atoms with Gasteiger partial charge in [0.15, 0.2) is 0 Å². The molecule has 1 N–H and O–H groups in total. The lowest BCUT2D eigenvalue weighted by Crippen LogP contribution is -2.24. The number of halogens is 1. The van der Waals surface area contributed by atoms with Crippen LogP contribution in [0.2, 0.25) is 0 Å². The molecule has 1 atom stereocenters. The van der Waals surface area contributed by atoms with Crippen LogP contribution in [-0.2, 0) is 13.0 Å². The molecule has 0 amide bonds. The first-order chi connectivity index (χ1) is 9.24. The molecule has 0 saturated heterocycles. The zero-order chi connectivity index (χ0) is 13.2. The normalized spacial score (nSPS) is 18.3. The van der Waals surface area contributed by atoms with E-state index in [0.29, 0.717) is 6.04 Å². The summed E-state index contributed by atoms with van der Waals surface area (Å²) >= 11 is 4.41. The van der Waals surface area contributed by atoms with E-state index in [1.807, 2.05) is 11.3 Å². The molecule has 0 bridgehead atoms. The summed E-state index contributed by atoms with van der Waals surface area (Å²) in [4.78, 5) is 1.60. The van der Waals surface area contributed by atoms with Gasteiger partial charge in [-0.25, -0.2) is 0 Å². The fourth-order valence-electron chi connectivity index (χ4n) is 2.77. The third-order valence-electron chi connectivity index (χ3n) is 3.88. The summed E-state index contributed by atoms with van der Waals surface area (Å²) in [5, 5.41) is 3.75. The second kappa shape index (κ2) is 5.94. The lowest BCUT2D eigenvalue weighted by molar-refractivity contribution is 0.462. The first kappa shape index (κ1) is 13.6. The van der Waals surface area contributed by atoms with Crippen LogP contribution in [0.3, 0.4) is 0 Å². The number of thiophene rings is 1. The van der Waals surface area contributed by atoms with Crippen molar-refractivity contribution in [2.24, 2.45) is 0 Å². The van der Waals surface area contributed by atoms with Gasteiger partial charge in [0.25, 0.3) is 0 Å². The van der Waals surface area contributed by atoms with E-state index >= 15 is 0 Å². The zero-order valence-electron chi connectivity index (χ0n) is 11.1. The first-order valence-corrected chi connectivity index (χ1v) is 8.69. The van der Waals surface area contributed by atoms with Crippen molar-refractivity contribution in [2.75, 3.05) is 0 Å². The number of hydrogen-bond acceptors (Lipinski definition) is 2. The van der Waals surface area contributed by atoms with E-state index in [1.54, 1.807) is 10.4 Å². The summed E-state index contributed by atoms with van der Waals surface area (Å²) in [6.45, 7) is 3.17. The van der Waals surface area contributed by atoms with Gasteiger partial charge >= 0.3 is 0 Å². The molecule has 1 unspecified atom stereocenters. The predicted octanol–water partition coefficient (Wildman–Crippen LogP) is 4.83. The molecular weight excluding hydrogens is 365 g/mol. The van der Waals surface area contributed by atoms with Gasteiger partial charge < -0.3 is 5.32 Å². The molecule has 100 valence electrons. The Morgan fingerprint density at radius 2 is 2.21 bits per heavy atom. The Morgan fingerprint density at radius 1 is 1.37 bits per heavy atom. The highest BCUT2D eigenvalue weighted by atomic mass is 127. The summed E-state index contributed by atoms with van der Waals surface area (Å²) in [6, 6.07) is 11.6. The van der Waals surface area contributed by atoms with Crippen LogP contribution in [0.25, 0.3) is 0 Å². The fourth-order valence-corrected chi connectivity index (χ4v) is 4.89. The molecule has 2 aromatic rings. The molecule has 1 aliphatic rings. The minimum atomic E-state index is 0.545. The van der Waals surface area contributed by atoms with Crippen LogP contribution >= 0.6 is 33.9 Å². The van der Waals surface area contributed by atoms with Crippen LogP contribution in [0.4, 0.5) is 0 Å². The summed E-state index contributed by atoms with van der Waals surface area (Å²) in [7, 11) is 0. The fraction of sp³-hybridized carbons (Fsp3) is 0.375. The Bertz CT molecular complexity index is 576. The lowest BCUT2D eigenvalue weighted by atomic mass is 9.94. The van der Waals surface area contributed by atoms with Crippen LogP contribution in [0.15, 0.2) is 30.3 Å². The lowest BCUT2D eigenvalue weighted by Gasteiger charge is -2.24. The highest BCUT2D eigenvalue weighted by Crippen LogP contribution is 2.36. The number of fused-ring (bicyclic) bond motifs is 1. The van der Waals surface area contributed by atoms with Crippen molar-refractivity contribution in [1.82, 2.24) is 5.32 Å². The molecule has 0 spiro atoms. The van der Waals surface area contributed by atoms with Crippen LogP contribution in [0.1, 0.15) is 40.5 Å². The van der Waals surface area contributed by atoms with Crippen LogP contribution in [-0.4, -0.2) is 0 Å². The van der Waals surface area contributed by atoms with Crippen LogP contribution in [0, 0.1) is 9.81 Å². The first-order valence-electron chi connectivity index (χ1n) is 6.80. The van der Waals surface area contributed by atoms with Crippen LogP contribution < -0.4 is 5.32 Å². The van der Waals surface area contributed by atoms with Crippen molar-refractivity contribution in [2.45, 2.75) is 38.8 Å². The van der Waals surface area contributed by atoms with Crippen molar-refractivity contribution >= 4 is 33.9 Å². The van der Waals surface area contributed by atoms with Gasteiger partial charge in [-0.1, -0.05) is 24.3 Å². The maximum absolute atomic E-state index is 3.75. The topological polar surface area (TPSA) is 12.0 Å². The highest BCUT2D eigenvalue weighted by Gasteiger charge is 2.22. The standard InChI is InChI=1S/C16H18INS/c1-11-5-2-3-6-12(11)10-18-14-7-4-8-15-13(14)9-16(17)19-15/h2-3,5-6,9,14,18H,4,7-8,10H2,1H3. The monoisotopic (exact) mass is 383 g/mol. The molecular formula is C16H18INS. The summed E-state index contributed by atoms with van der Waals surface area (Å²) in [5.74, 6) is 0. The molecule has 3 heteroatoms. The van der Waals surface area contributed by atoms with Gasteiger partial charge in [0.2, 0.25) is 0 Å². The quantitative estimate of drug-likeness (QED) is 0.749. The molecule has 1 nitrogen and oxygen atoms in total. The molecule has 19 heavy (non-hydrogen) atoms. The second-order valence-electron chi connectivity index (χ2n) is 5.18. The summed E-state index contributed by atoms with van der Waals surface area (Å²) in [6.07, 6.45) is 3.85. The van der Waals surface area contributed by atoms with Gasteiger partial charge in [-0.15, -0.1) is 11.3 Å². The van der Waals surface area contributed by atoms with Crippen molar-refractivity contribution in [3.63, 3.8) is 0 Å². The minimum Gasteiger partial charge on any atom is -0.306 e. The average Bonchev–Trinajstić information content (AvgIpc) is 2.78. The Kier molecular flexibility index (Phi) is 4.24. The van der Waals surface area contributed by atoms with Gasteiger partial charge in [-0.3, -0.25) is 0 Å². The average molecular weight is 383 g/mol.